The van der Waals surface area contributed by atoms with Gasteiger partial charge in [-0.15, -0.1) is 0 Å². The number of piperazine rings is 1. The van der Waals surface area contributed by atoms with Gasteiger partial charge in [-0.05, 0) is 38.1 Å². The Morgan fingerprint density at radius 1 is 1.14 bits per heavy atom. The van der Waals surface area contributed by atoms with Crippen LogP contribution in [0.5, 0.6) is 0 Å². The van der Waals surface area contributed by atoms with Gasteiger partial charge in [-0.2, -0.15) is 0 Å². The molecule has 0 saturated carbocycles. The van der Waals surface area contributed by atoms with Gasteiger partial charge in [-0.25, -0.2) is 13.6 Å². The lowest BCUT2D eigenvalue weighted by molar-refractivity contribution is 0.283. The van der Waals surface area contributed by atoms with E-state index in [-0.39, 0.29) is 4.90 Å². The molecule has 1 saturated heterocycles. The van der Waals surface area contributed by atoms with Crippen molar-refractivity contribution < 1.29 is 8.42 Å². The number of benzene rings is 1. The molecule has 21 heavy (non-hydrogen) atoms. The highest BCUT2D eigenvalue weighted by Crippen LogP contribution is 2.19. The van der Waals surface area contributed by atoms with E-state index in [1.54, 1.807) is 12.1 Å². The molecule has 1 aliphatic rings. The first-order valence-electron chi connectivity index (χ1n) is 7.10. The SMILES string of the molecule is CC(C)=CCN1CCN(c2ccc(S(N)(=O)=O)cc2)CC1. The molecule has 1 fully saturated rings. The normalized spacial score (nSPS) is 16.8. The predicted octanol–water partition coefficient (Wildman–Crippen LogP) is 1.42. The van der Waals surface area contributed by atoms with Gasteiger partial charge >= 0.3 is 0 Å². The summed E-state index contributed by atoms with van der Waals surface area (Å²) in [6.45, 7) is 9.16. The monoisotopic (exact) mass is 309 g/mol. The Kier molecular flexibility index (Phi) is 5.03. The first-order chi connectivity index (χ1) is 9.86. The quantitative estimate of drug-likeness (QED) is 0.854. The van der Waals surface area contributed by atoms with E-state index in [2.05, 4.69) is 29.7 Å². The Morgan fingerprint density at radius 2 is 1.71 bits per heavy atom. The molecule has 2 N–H and O–H groups in total. The van der Waals surface area contributed by atoms with Crippen molar-refractivity contribution in [1.29, 1.82) is 0 Å². The molecule has 0 radical (unpaired) electrons. The Balaban J connectivity index is 1.95. The van der Waals surface area contributed by atoms with Gasteiger partial charge in [0.25, 0.3) is 0 Å². The zero-order valence-corrected chi connectivity index (χ0v) is 13.4. The van der Waals surface area contributed by atoms with Crippen LogP contribution in [-0.4, -0.2) is 46.0 Å². The van der Waals surface area contributed by atoms with E-state index in [0.29, 0.717) is 0 Å². The molecule has 1 aromatic carbocycles. The minimum Gasteiger partial charge on any atom is -0.369 e. The van der Waals surface area contributed by atoms with E-state index in [9.17, 15) is 8.42 Å². The average molecular weight is 309 g/mol. The fourth-order valence-electron chi connectivity index (χ4n) is 2.35. The maximum atomic E-state index is 11.2. The van der Waals surface area contributed by atoms with Gasteiger partial charge in [-0.3, -0.25) is 4.90 Å². The molecule has 0 aromatic heterocycles. The molecule has 116 valence electrons. The van der Waals surface area contributed by atoms with E-state index in [1.165, 1.54) is 5.57 Å². The largest absolute Gasteiger partial charge is 0.369 e. The van der Waals surface area contributed by atoms with Crippen molar-refractivity contribution in [3.05, 3.63) is 35.9 Å². The highest BCUT2D eigenvalue weighted by molar-refractivity contribution is 7.89. The van der Waals surface area contributed by atoms with Crippen molar-refractivity contribution in [3.63, 3.8) is 0 Å². The number of hydrogen-bond donors (Lipinski definition) is 1. The number of primary sulfonamides is 1. The van der Waals surface area contributed by atoms with Crippen LogP contribution in [-0.2, 0) is 10.0 Å². The first-order valence-corrected chi connectivity index (χ1v) is 8.64. The molecule has 0 bridgehead atoms. The van der Waals surface area contributed by atoms with Crippen LogP contribution in [0.2, 0.25) is 0 Å². The fraction of sp³-hybridized carbons (Fsp3) is 0.467. The van der Waals surface area contributed by atoms with Crippen LogP contribution in [0.4, 0.5) is 5.69 Å². The maximum absolute atomic E-state index is 11.2. The smallest absolute Gasteiger partial charge is 0.238 e. The number of anilines is 1. The van der Waals surface area contributed by atoms with Crippen LogP contribution in [0.15, 0.2) is 40.8 Å². The van der Waals surface area contributed by atoms with Crippen molar-refractivity contribution in [2.45, 2.75) is 18.7 Å². The Labute approximate surface area is 127 Å². The van der Waals surface area contributed by atoms with Crippen molar-refractivity contribution in [3.8, 4) is 0 Å². The van der Waals surface area contributed by atoms with Gasteiger partial charge < -0.3 is 4.90 Å². The van der Waals surface area contributed by atoms with E-state index >= 15 is 0 Å². The van der Waals surface area contributed by atoms with E-state index in [1.807, 2.05) is 12.1 Å². The molecular formula is C15H23N3O2S. The molecule has 0 amide bonds. The number of hydrogen-bond acceptors (Lipinski definition) is 4. The third-order valence-corrected chi connectivity index (χ3v) is 4.59. The molecular weight excluding hydrogens is 286 g/mol. The molecule has 2 rings (SSSR count). The number of sulfonamides is 1. The van der Waals surface area contributed by atoms with Gasteiger partial charge in [0.05, 0.1) is 4.90 Å². The molecule has 1 aliphatic heterocycles. The predicted molar refractivity (Wildman–Crippen MR) is 85.9 cm³/mol. The van der Waals surface area contributed by atoms with Crippen LogP contribution < -0.4 is 10.0 Å². The summed E-state index contributed by atoms with van der Waals surface area (Å²) in [6.07, 6.45) is 2.25. The minimum atomic E-state index is -3.61. The molecule has 0 atom stereocenters. The van der Waals surface area contributed by atoms with Gasteiger partial charge in [0.1, 0.15) is 0 Å². The lowest BCUT2D eigenvalue weighted by Gasteiger charge is -2.35. The molecule has 0 spiro atoms. The van der Waals surface area contributed by atoms with E-state index in [4.69, 9.17) is 5.14 Å². The Bertz CT molecular complexity index is 596. The van der Waals surface area contributed by atoms with Crippen LogP contribution in [0.3, 0.4) is 0 Å². The first kappa shape index (κ1) is 16.0. The summed E-state index contributed by atoms with van der Waals surface area (Å²) in [5.74, 6) is 0. The van der Waals surface area contributed by atoms with Gasteiger partial charge in [0.15, 0.2) is 0 Å². The summed E-state index contributed by atoms with van der Waals surface area (Å²) in [5, 5.41) is 5.11. The lowest BCUT2D eigenvalue weighted by atomic mass is 10.2. The number of rotatable bonds is 4. The topological polar surface area (TPSA) is 66.6 Å². The molecule has 1 aromatic rings. The van der Waals surface area contributed by atoms with E-state index < -0.39 is 10.0 Å². The lowest BCUT2D eigenvalue weighted by Crippen LogP contribution is -2.46. The zero-order valence-electron chi connectivity index (χ0n) is 12.6. The zero-order chi connectivity index (χ0) is 15.5. The number of nitrogens with zero attached hydrogens (tertiary/aromatic N) is 2. The van der Waals surface area contributed by atoms with Crippen LogP contribution in [0.25, 0.3) is 0 Å². The van der Waals surface area contributed by atoms with Gasteiger partial charge in [0, 0.05) is 38.4 Å². The molecule has 0 aliphatic carbocycles. The molecule has 0 unspecified atom stereocenters. The van der Waals surface area contributed by atoms with Crippen molar-refractivity contribution >= 4 is 15.7 Å². The number of allylic oxidation sites excluding steroid dienone is 1. The number of nitrogens with two attached hydrogens (primary N) is 1. The van der Waals surface area contributed by atoms with Crippen LogP contribution in [0.1, 0.15) is 13.8 Å². The highest BCUT2D eigenvalue weighted by Gasteiger charge is 2.17. The molecule has 1 heterocycles. The average Bonchev–Trinajstić information content (AvgIpc) is 2.45. The van der Waals surface area contributed by atoms with Crippen LogP contribution >= 0.6 is 0 Å². The summed E-state index contributed by atoms with van der Waals surface area (Å²) in [5.41, 5.74) is 2.39. The minimum absolute atomic E-state index is 0.161. The fourth-order valence-corrected chi connectivity index (χ4v) is 2.86. The summed E-state index contributed by atoms with van der Waals surface area (Å²) in [6, 6.07) is 6.79. The summed E-state index contributed by atoms with van der Waals surface area (Å²) in [7, 11) is -3.61. The Hall–Kier alpha value is -1.37. The third-order valence-electron chi connectivity index (χ3n) is 3.66. The van der Waals surface area contributed by atoms with Crippen molar-refractivity contribution in [1.82, 2.24) is 4.90 Å². The maximum Gasteiger partial charge on any atom is 0.238 e. The van der Waals surface area contributed by atoms with E-state index in [0.717, 1.165) is 38.4 Å². The second-order valence-corrected chi connectivity index (χ2v) is 7.17. The summed E-state index contributed by atoms with van der Waals surface area (Å²) < 4.78 is 22.5. The highest BCUT2D eigenvalue weighted by atomic mass is 32.2. The third kappa shape index (κ3) is 4.56. The molecule has 5 nitrogen and oxygen atoms in total. The Morgan fingerprint density at radius 3 is 2.19 bits per heavy atom. The summed E-state index contributed by atoms with van der Waals surface area (Å²) in [4.78, 5) is 4.85. The van der Waals surface area contributed by atoms with Gasteiger partial charge in [0.2, 0.25) is 10.0 Å². The standard InChI is InChI=1S/C15H23N3O2S/c1-13(2)7-8-17-9-11-18(12-10-17)14-3-5-15(6-4-14)21(16,19)20/h3-7H,8-12H2,1-2H3,(H2,16,19,20). The van der Waals surface area contributed by atoms with Crippen LogP contribution in [0, 0.1) is 0 Å². The van der Waals surface area contributed by atoms with Crippen molar-refractivity contribution in [2.75, 3.05) is 37.6 Å². The summed E-state index contributed by atoms with van der Waals surface area (Å²) >= 11 is 0. The van der Waals surface area contributed by atoms with Gasteiger partial charge in [-0.1, -0.05) is 11.6 Å². The second-order valence-electron chi connectivity index (χ2n) is 5.61. The second kappa shape index (κ2) is 6.60. The van der Waals surface area contributed by atoms with Crippen molar-refractivity contribution in [2.24, 2.45) is 5.14 Å². The molecule has 6 heteroatoms.